The van der Waals surface area contributed by atoms with Crippen LogP contribution >= 0.6 is 11.8 Å². The molecule has 7 nitrogen and oxygen atoms in total. The van der Waals surface area contributed by atoms with E-state index in [0.29, 0.717) is 5.76 Å². The van der Waals surface area contributed by atoms with E-state index in [0.717, 1.165) is 11.3 Å². The van der Waals surface area contributed by atoms with Crippen molar-refractivity contribution in [1.82, 2.24) is 10.6 Å². The third-order valence-corrected chi connectivity index (χ3v) is 4.94. The molecular weight excluding hydrogens is 352 g/mol. The molecule has 2 aromatic rings. The van der Waals surface area contributed by atoms with E-state index in [-0.39, 0.29) is 17.6 Å². The average molecular weight is 370 g/mol. The molecule has 134 valence electrons. The van der Waals surface area contributed by atoms with Crippen molar-refractivity contribution in [1.29, 1.82) is 5.26 Å². The van der Waals surface area contributed by atoms with Gasteiger partial charge in [0.1, 0.15) is 17.2 Å². The van der Waals surface area contributed by atoms with Crippen LogP contribution in [0.5, 0.6) is 0 Å². The van der Waals surface area contributed by atoms with Gasteiger partial charge in [0.25, 0.3) is 0 Å². The van der Waals surface area contributed by atoms with Crippen LogP contribution in [0.4, 0.5) is 5.69 Å². The summed E-state index contributed by atoms with van der Waals surface area (Å²) in [5.74, 6) is -0.787. The first kappa shape index (κ1) is 18.0. The Balaban J connectivity index is 1.57. The molecular formula is C18H18N4O3S. The van der Waals surface area contributed by atoms with Crippen LogP contribution in [0, 0.1) is 24.2 Å². The highest BCUT2D eigenvalue weighted by molar-refractivity contribution is 8.00. The number of benzene rings is 1. The number of rotatable bonds is 5. The van der Waals surface area contributed by atoms with E-state index in [1.54, 1.807) is 12.1 Å². The number of carbonyl (C=O) groups excluding carboxylic acids is 2. The molecule has 3 unspecified atom stereocenters. The van der Waals surface area contributed by atoms with Crippen LogP contribution in [0.15, 0.2) is 47.1 Å². The summed E-state index contributed by atoms with van der Waals surface area (Å²) in [6.45, 7) is 1.98. The normalized spacial score (nSPS) is 22.3. The lowest BCUT2D eigenvalue weighted by molar-refractivity contribution is -0.126. The second kappa shape index (κ2) is 8.08. The number of nitrogens with zero attached hydrogens (tertiary/aromatic N) is 1. The summed E-state index contributed by atoms with van der Waals surface area (Å²) in [6, 6.07) is 12.4. The van der Waals surface area contributed by atoms with Gasteiger partial charge < -0.3 is 15.1 Å². The van der Waals surface area contributed by atoms with Crippen molar-refractivity contribution in [2.45, 2.75) is 18.5 Å². The summed E-state index contributed by atoms with van der Waals surface area (Å²) < 4.78 is 5.33. The molecule has 0 bridgehead atoms. The zero-order valence-corrected chi connectivity index (χ0v) is 14.9. The Bertz CT molecular complexity index is 814. The molecule has 0 spiro atoms. The summed E-state index contributed by atoms with van der Waals surface area (Å²) in [5.41, 5.74) is 1.34. The first-order chi connectivity index (χ1) is 12.6. The Morgan fingerprint density at radius 3 is 2.77 bits per heavy atom. The topological polar surface area (TPSA) is 107 Å². The van der Waals surface area contributed by atoms with Crippen molar-refractivity contribution < 1.29 is 14.0 Å². The predicted octanol–water partition coefficient (Wildman–Crippen LogP) is 2.14. The van der Waals surface area contributed by atoms with Gasteiger partial charge in [-0.15, -0.1) is 11.8 Å². The Labute approximate surface area is 155 Å². The molecule has 0 radical (unpaired) electrons. The minimum atomic E-state index is -0.889. The first-order valence-corrected chi connectivity index (χ1v) is 9.09. The molecule has 2 heterocycles. The predicted molar refractivity (Wildman–Crippen MR) is 97.9 cm³/mol. The lowest BCUT2D eigenvalue weighted by Crippen LogP contribution is -2.55. The number of aryl methyl sites for hydroxylation is 1. The molecule has 1 saturated heterocycles. The lowest BCUT2D eigenvalue weighted by atomic mass is 9.96. The van der Waals surface area contributed by atoms with E-state index in [1.807, 2.05) is 37.3 Å². The number of nitrogens with one attached hydrogen (secondary N) is 3. The Morgan fingerprint density at radius 2 is 2.12 bits per heavy atom. The van der Waals surface area contributed by atoms with E-state index in [2.05, 4.69) is 16.0 Å². The standard InChI is InChI=1S/C18H18N4O3S/c1-11-4-6-12(7-5-11)20-15(23)10-26-18-21-16(14-3-2-8-25-14)13(9-19)17(24)22-18/h2-8,13,16,18,21H,10H2,1H3,(H,20,23)(H,22,24). The fourth-order valence-electron chi connectivity index (χ4n) is 2.60. The maximum Gasteiger partial charge on any atom is 0.241 e. The molecule has 0 saturated carbocycles. The lowest BCUT2D eigenvalue weighted by Gasteiger charge is -2.32. The molecule has 1 aromatic carbocycles. The molecule has 26 heavy (non-hydrogen) atoms. The smallest absolute Gasteiger partial charge is 0.241 e. The van der Waals surface area contributed by atoms with Crippen LogP contribution in [-0.4, -0.2) is 23.1 Å². The van der Waals surface area contributed by atoms with Gasteiger partial charge in [-0.05, 0) is 31.2 Å². The van der Waals surface area contributed by atoms with Crippen LogP contribution in [0.1, 0.15) is 17.4 Å². The Kier molecular flexibility index (Phi) is 5.61. The van der Waals surface area contributed by atoms with Crippen LogP contribution in [0.3, 0.4) is 0 Å². The number of hydrogen-bond acceptors (Lipinski definition) is 6. The van der Waals surface area contributed by atoms with Crippen molar-refractivity contribution in [3.05, 3.63) is 54.0 Å². The highest BCUT2D eigenvalue weighted by atomic mass is 32.2. The summed E-state index contributed by atoms with van der Waals surface area (Å²) in [6.07, 6.45) is 1.50. The highest BCUT2D eigenvalue weighted by Crippen LogP contribution is 2.28. The van der Waals surface area contributed by atoms with E-state index in [9.17, 15) is 14.9 Å². The number of carbonyl (C=O) groups is 2. The number of nitriles is 1. The van der Waals surface area contributed by atoms with Crippen molar-refractivity contribution in [2.75, 3.05) is 11.1 Å². The van der Waals surface area contributed by atoms with Crippen molar-refractivity contribution in [3.8, 4) is 6.07 Å². The summed E-state index contributed by atoms with van der Waals surface area (Å²) >= 11 is 1.24. The fourth-order valence-corrected chi connectivity index (χ4v) is 3.43. The van der Waals surface area contributed by atoms with Crippen LogP contribution in [0.2, 0.25) is 0 Å². The van der Waals surface area contributed by atoms with Gasteiger partial charge in [-0.25, -0.2) is 0 Å². The molecule has 0 aliphatic carbocycles. The van der Waals surface area contributed by atoms with Gasteiger partial charge in [0.15, 0.2) is 0 Å². The summed E-state index contributed by atoms with van der Waals surface area (Å²) in [7, 11) is 0. The molecule has 1 aliphatic heterocycles. The molecule has 1 aromatic heterocycles. The van der Waals surface area contributed by atoms with Gasteiger partial charge in [0, 0.05) is 5.69 Å². The van der Waals surface area contributed by atoms with E-state index < -0.39 is 17.5 Å². The van der Waals surface area contributed by atoms with E-state index in [1.165, 1.54) is 18.0 Å². The maximum absolute atomic E-state index is 12.2. The van der Waals surface area contributed by atoms with Crippen molar-refractivity contribution in [3.63, 3.8) is 0 Å². The third-order valence-electron chi connectivity index (χ3n) is 3.93. The monoisotopic (exact) mass is 370 g/mol. The van der Waals surface area contributed by atoms with E-state index in [4.69, 9.17) is 4.42 Å². The van der Waals surface area contributed by atoms with Crippen LogP contribution in [-0.2, 0) is 9.59 Å². The average Bonchev–Trinajstić information content (AvgIpc) is 3.16. The van der Waals surface area contributed by atoms with Crippen LogP contribution in [0.25, 0.3) is 0 Å². The first-order valence-electron chi connectivity index (χ1n) is 8.04. The Morgan fingerprint density at radius 1 is 1.35 bits per heavy atom. The zero-order valence-electron chi connectivity index (χ0n) is 14.1. The summed E-state index contributed by atoms with van der Waals surface area (Å²) in [4.78, 5) is 24.3. The van der Waals surface area contributed by atoms with E-state index >= 15 is 0 Å². The number of furan rings is 1. The maximum atomic E-state index is 12.2. The molecule has 1 aliphatic rings. The minimum Gasteiger partial charge on any atom is -0.468 e. The molecule has 3 N–H and O–H groups in total. The van der Waals surface area contributed by atoms with Gasteiger partial charge in [-0.3, -0.25) is 14.9 Å². The third kappa shape index (κ3) is 4.25. The van der Waals surface area contributed by atoms with Crippen molar-refractivity contribution in [2.24, 2.45) is 5.92 Å². The van der Waals surface area contributed by atoms with Crippen molar-refractivity contribution >= 4 is 29.3 Å². The Hall–Kier alpha value is -2.76. The fraction of sp³-hybridized carbons (Fsp3) is 0.278. The quantitative estimate of drug-likeness (QED) is 0.744. The molecule has 3 rings (SSSR count). The van der Waals surface area contributed by atoms with Gasteiger partial charge in [0.05, 0.1) is 24.1 Å². The summed E-state index contributed by atoms with van der Waals surface area (Å²) in [5, 5.41) is 17.9. The number of hydrogen-bond donors (Lipinski definition) is 3. The highest BCUT2D eigenvalue weighted by Gasteiger charge is 2.38. The number of anilines is 1. The zero-order chi connectivity index (χ0) is 18.5. The van der Waals surface area contributed by atoms with Crippen LogP contribution < -0.4 is 16.0 Å². The number of thioether (sulfide) groups is 1. The van der Waals surface area contributed by atoms with Gasteiger partial charge in [-0.1, -0.05) is 17.7 Å². The number of amides is 2. The minimum absolute atomic E-state index is 0.147. The molecule has 3 atom stereocenters. The second-order valence-electron chi connectivity index (χ2n) is 5.88. The molecule has 2 amide bonds. The SMILES string of the molecule is Cc1ccc(NC(=O)CSC2NC(=O)C(C#N)C(c3ccco3)N2)cc1. The van der Waals surface area contributed by atoms with Gasteiger partial charge in [0.2, 0.25) is 11.8 Å². The molecule has 8 heteroatoms. The largest absolute Gasteiger partial charge is 0.468 e. The second-order valence-corrected chi connectivity index (χ2v) is 6.97. The van der Waals surface area contributed by atoms with Gasteiger partial charge >= 0.3 is 0 Å². The molecule has 1 fully saturated rings. The van der Waals surface area contributed by atoms with Gasteiger partial charge in [-0.2, -0.15) is 5.26 Å².